The molecular weight excluding hydrogens is 275 g/mol. The van der Waals surface area contributed by atoms with E-state index in [1.54, 1.807) is 6.92 Å². The molecule has 112 valence electrons. The molecule has 8 heteroatoms. The van der Waals surface area contributed by atoms with Crippen LogP contribution in [0.1, 0.15) is 32.4 Å². The minimum absolute atomic E-state index is 0.0827. The zero-order valence-electron chi connectivity index (χ0n) is 11.4. The van der Waals surface area contributed by atoms with E-state index >= 15 is 0 Å². The Hall–Kier alpha value is -1.86. The van der Waals surface area contributed by atoms with Crippen molar-refractivity contribution >= 4 is 11.8 Å². The molecule has 0 aliphatic heterocycles. The fraction of sp³-hybridized carbons (Fsp3) is 0.583. The minimum Gasteiger partial charge on any atom is -0.467 e. The van der Waals surface area contributed by atoms with Crippen LogP contribution in [0.25, 0.3) is 0 Å². The number of aromatic nitrogens is 2. The minimum atomic E-state index is -4.54. The highest BCUT2D eigenvalue weighted by Crippen LogP contribution is 2.28. The van der Waals surface area contributed by atoms with Gasteiger partial charge in [0.1, 0.15) is 11.4 Å². The van der Waals surface area contributed by atoms with Gasteiger partial charge in [0.05, 0.1) is 7.11 Å². The molecule has 5 nitrogen and oxygen atoms in total. The molecular formula is C12H16F3N3O2. The summed E-state index contributed by atoms with van der Waals surface area (Å²) in [6.07, 6.45) is -3.41. The summed E-state index contributed by atoms with van der Waals surface area (Å²) >= 11 is 0. The molecule has 0 fully saturated rings. The summed E-state index contributed by atoms with van der Waals surface area (Å²) in [5.74, 6) is -0.430. The van der Waals surface area contributed by atoms with Gasteiger partial charge in [0.15, 0.2) is 5.69 Å². The van der Waals surface area contributed by atoms with Gasteiger partial charge in [-0.2, -0.15) is 13.2 Å². The molecule has 0 amide bonds. The number of halogens is 3. The normalized spacial score (nSPS) is 14.5. The average molecular weight is 291 g/mol. The lowest BCUT2D eigenvalue weighted by molar-refractivity contribution is -0.146. The Morgan fingerprint density at radius 2 is 2.00 bits per heavy atom. The summed E-state index contributed by atoms with van der Waals surface area (Å²) in [4.78, 5) is 11.7. The van der Waals surface area contributed by atoms with Crippen LogP contribution in [0.4, 0.5) is 19.0 Å². The molecule has 20 heavy (non-hydrogen) atoms. The maximum atomic E-state index is 12.4. The SMILES string of the molecule is CCCC(C)(Nc1ccc(C(F)(F)F)nn1)C(=O)OC. The largest absolute Gasteiger partial charge is 0.467 e. The van der Waals surface area contributed by atoms with E-state index in [1.807, 2.05) is 6.92 Å². The zero-order chi connectivity index (χ0) is 15.4. The van der Waals surface area contributed by atoms with Crippen LogP contribution in [0, 0.1) is 0 Å². The first-order valence-corrected chi connectivity index (χ1v) is 6.00. The Kier molecular flexibility index (Phi) is 4.91. The van der Waals surface area contributed by atoms with Gasteiger partial charge in [0, 0.05) is 0 Å². The first-order valence-electron chi connectivity index (χ1n) is 6.00. The van der Waals surface area contributed by atoms with E-state index < -0.39 is 23.4 Å². The molecule has 1 N–H and O–H groups in total. The van der Waals surface area contributed by atoms with Crippen LogP contribution < -0.4 is 5.32 Å². The van der Waals surface area contributed by atoms with Gasteiger partial charge in [-0.15, -0.1) is 10.2 Å². The molecule has 1 atom stereocenters. The third-order valence-electron chi connectivity index (χ3n) is 2.74. The quantitative estimate of drug-likeness (QED) is 0.845. The van der Waals surface area contributed by atoms with Crippen LogP contribution in [0.15, 0.2) is 12.1 Å². The lowest BCUT2D eigenvalue weighted by Crippen LogP contribution is -2.44. The van der Waals surface area contributed by atoms with Crippen LogP contribution in [0.5, 0.6) is 0 Å². The maximum Gasteiger partial charge on any atom is 0.435 e. The van der Waals surface area contributed by atoms with Crippen molar-refractivity contribution in [2.24, 2.45) is 0 Å². The number of carbonyl (C=O) groups is 1. The Labute approximate surface area is 114 Å². The Bertz CT molecular complexity index is 462. The maximum absolute atomic E-state index is 12.4. The van der Waals surface area contributed by atoms with Crippen molar-refractivity contribution in [3.63, 3.8) is 0 Å². The molecule has 0 radical (unpaired) electrons. The van der Waals surface area contributed by atoms with Gasteiger partial charge in [-0.3, -0.25) is 0 Å². The van der Waals surface area contributed by atoms with Crippen molar-refractivity contribution in [2.45, 2.75) is 38.4 Å². The fourth-order valence-electron chi connectivity index (χ4n) is 1.77. The molecule has 0 saturated carbocycles. The number of carbonyl (C=O) groups excluding carboxylic acids is 1. The van der Waals surface area contributed by atoms with Crippen molar-refractivity contribution in [2.75, 3.05) is 12.4 Å². The molecule has 1 heterocycles. The van der Waals surface area contributed by atoms with E-state index in [-0.39, 0.29) is 5.82 Å². The molecule has 0 saturated heterocycles. The number of nitrogens with one attached hydrogen (secondary N) is 1. The average Bonchev–Trinajstić information content (AvgIpc) is 2.37. The lowest BCUT2D eigenvalue weighted by atomic mass is 9.96. The summed E-state index contributed by atoms with van der Waals surface area (Å²) in [5.41, 5.74) is -2.14. The molecule has 1 unspecified atom stereocenters. The molecule has 1 aromatic heterocycles. The lowest BCUT2D eigenvalue weighted by Gasteiger charge is -2.27. The van der Waals surface area contributed by atoms with Gasteiger partial charge in [-0.25, -0.2) is 4.79 Å². The zero-order valence-corrected chi connectivity index (χ0v) is 11.4. The number of anilines is 1. The number of nitrogens with zero attached hydrogens (tertiary/aromatic N) is 2. The van der Waals surface area contributed by atoms with Crippen molar-refractivity contribution < 1.29 is 22.7 Å². The number of methoxy groups -OCH3 is 1. The molecule has 0 spiro atoms. The molecule has 1 aromatic rings. The van der Waals surface area contributed by atoms with Crippen molar-refractivity contribution in [1.82, 2.24) is 10.2 Å². The second-order valence-corrected chi connectivity index (χ2v) is 4.50. The highest BCUT2D eigenvalue weighted by atomic mass is 19.4. The fourth-order valence-corrected chi connectivity index (χ4v) is 1.77. The van der Waals surface area contributed by atoms with Gasteiger partial charge >= 0.3 is 12.1 Å². The molecule has 0 bridgehead atoms. The number of alkyl halides is 3. The van der Waals surface area contributed by atoms with Crippen molar-refractivity contribution in [3.8, 4) is 0 Å². The monoisotopic (exact) mass is 291 g/mol. The molecule has 1 rings (SSSR count). The van der Waals surface area contributed by atoms with E-state index in [4.69, 9.17) is 0 Å². The van der Waals surface area contributed by atoms with Gasteiger partial charge in [-0.1, -0.05) is 13.3 Å². The van der Waals surface area contributed by atoms with Crippen LogP contribution in [-0.2, 0) is 15.7 Å². The van der Waals surface area contributed by atoms with Gasteiger partial charge in [0.2, 0.25) is 0 Å². The van der Waals surface area contributed by atoms with E-state index in [1.165, 1.54) is 7.11 Å². The van der Waals surface area contributed by atoms with Crippen molar-refractivity contribution in [1.29, 1.82) is 0 Å². The van der Waals surface area contributed by atoms with Crippen LogP contribution in [0.3, 0.4) is 0 Å². The number of ether oxygens (including phenoxy) is 1. The summed E-state index contributed by atoms with van der Waals surface area (Å²) in [6, 6.07) is 1.94. The van der Waals surface area contributed by atoms with E-state index in [9.17, 15) is 18.0 Å². The topological polar surface area (TPSA) is 64.1 Å². The van der Waals surface area contributed by atoms with Gasteiger partial charge in [0.25, 0.3) is 0 Å². The van der Waals surface area contributed by atoms with Crippen LogP contribution in [0.2, 0.25) is 0 Å². The Morgan fingerprint density at radius 3 is 2.40 bits per heavy atom. The predicted molar refractivity (Wildman–Crippen MR) is 66.0 cm³/mol. The first kappa shape index (κ1) is 16.2. The Balaban J connectivity index is 2.92. The summed E-state index contributed by atoms with van der Waals surface area (Å²) < 4.78 is 41.8. The smallest absolute Gasteiger partial charge is 0.435 e. The van der Waals surface area contributed by atoms with E-state index in [0.29, 0.717) is 12.8 Å². The standard InChI is InChI=1S/C12H16F3N3O2/c1-4-7-11(2,10(19)20-3)16-9-6-5-8(17-18-9)12(13,14)15/h5-6H,4,7H2,1-3H3,(H,16,18). The van der Waals surface area contributed by atoms with Crippen LogP contribution in [-0.4, -0.2) is 28.8 Å². The molecule has 0 aromatic carbocycles. The predicted octanol–water partition coefficient (Wildman–Crippen LogP) is 2.64. The van der Waals surface area contributed by atoms with Gasteiger partial charge < -0.3 is 10.1 Å². The third-order valence-corrected chi connectivity index (χ3v) is 2.74. The second-order valence-electron chi connectivity index (χ2n) is 4.50. The van der Waals surface area contributed by atoms with E-state index in [0.717, 1.165) is 12.1 Å². The third kappa shape index (κ3) is 3.82. The number of rotatable bonds is 5. The highest BCUT2D eigenvalue weighted by Gasteiger charge is 2.35. The van der Waals surface area contributed by atoms with Gasteiger partial charge in [-0.05, 0) is 25.5 Å². The van der Waals surface area contributed by atoms with E-state index in [2.05, 4.69) is 20.3 Å². The summed E-state index contributed by atoms with van der Waals surface area (Å²) in [7, 11) is 1.25. The number of hydrogen-bond donors (Lipinski definition) is 1. The van der Waals surface area contributed by atoms with Crippen molar-refractivity contribution in [3.05, 3.63) is 17.8 Å². The summed E-state index contributed by atoms with van der Waals surface area (Å²) in [6.45, 7) is 3.48. The summed E-state index contributed by atoms with van der Waals surface area (Å²) in [5, 5.41) is 9.30. The molecule has 0 aliphatic rings. The highest BCUT2D eigenvalue weighted by molar-refractivity contribution is 5.83. The Morgan fingerprint density at radius 1 is 1.35 bits per heavy atom. The van der Waals surface area contributed by atoms with Crippen LogP contribution >= 0.6 is 0 Å². The number of hydrogen-bond acceptors (Lipinski definition) is 5. The number of esters is 1. The molecule has 0 aliphatic carbocycles. The second kappa shape index (κ2) is 6.06. The first-order chi connectivity index (χ1) is 9.23.